The third-order valence-corrected chi connectivity index (χ3v) is 2.40. The number of aromatic nitrogens is 1. The third-order valence-electron chi connectivity index (χ3n) is 1.61. The van der Waals surface area contributed by atoms with E-state index in [9.17, 15) is 0 Å². The minimum absolute atomic E-state index is 0.0776. The van der Waals surface area contributed by atoms with Gasteiger partial charge in [-0.2, -0.15) is 5.26 Å². The van der Waals surface area contributed by atoms with Crippen molar-refractivity contribution in [3.63, 3.8) is 0 Å². The molecule has 1 rings (SSSR count). The summed E-state index contributed by atoms with van der Waals surface area (Å²) in [6, 6.07) is 2.03. The van der Waals surface area contributed by atoms with Gasteiger partial charge >= 0.3 is 0 Å². The van der Waals surface area contributed by atoms with Crippen LogP contribution in [0.4, 0.5) is 0 Å². The molecule has 0 aromatic carbocycles. The lowest BCUT2D eigenvalue weighted by Crippen LogP contribution is -2.05. The van der Waals surface area contributed by atoms with Crippen molar-refractivity contribution in [3.05, 3.63) is 16.1 Å². The number of thiazole rings is 1. The second-order valence-electron chi connectivity index (χ2n) is 2.75. The van der Waals surface area contributed by atoms with Crippen LogP contribution in [0.1, 0.15) is 23.2 Å². The van der Waals surface area contributed by atoms with Crippen LogP contribution >= 0.6 is 11.3 Å². The summed E-state index contributed by atoms with van der Waals surface area (Å²) in [5.41, 5.74) is 0.660. The Kier molecular flexibility index (Phi) is 4.53. The fourth-order valence-electron chi connectivity index (χ4n) is 0.955. The number of aliphatic hydroxyl groups excluding tert-OH is 1. The number of hydrogen-bond donors (Lipinski definition) is 1. The zero-order valence-corrected chi connectivity index (χ0v) is 8.75. The summed E-state index contributed by atoms with van der Waals surface area (Å²) in [4.78, 5) is 4.17. The topological polar surface area (TPSA) is 66.1 Å². The van der Waals surface area contributed by atoms with Crippen LogP contribution in [0.25, 0.3) is 0 Å². The highest BCUT2D eigenvalue weighted by molar-refractivity contribution is 7.09. The van der Waals surface area contributed by atoms with Crippen LogP contribution in [0.3, 0.4) is 0 Å². The number of ether oxygens (including phenoxy) is 1. The lowest BCUT2D eigenvalue weighted by molar-refractivity contribution is 0.0752. The van der Waals surface area contributed by atoms with Crippen molar-refractivity contribution in [1.29, 1.82) is 5.26 Å². The Morgan fingerprint density at radius 2 is 2.57 bits per heavy atom. The predicted molar refractivity (Wildman–Crippen MR) is 52.9 cm³/mol. The molecule has 0 fully saturated rings. The maximum absolute atomic E-state index is 8.82. The Morgan fingerprint density at radius 1 is 1.79 bits per heavy atom. The average Bonchev–Trinajstić information content (AvgIpc) is 2.60. The number of rotatable bonds is 5. The van der Waals surface area contributed by atoms with Gasteiger partial charge in [0.2, 0.25) is 0 Å². The molecule has 1 N–H and O–H groups in total. The second kappa shape index (κ2) is 5.70. The van der Waals surface area contributed by atoms with E-state index >= 15 is 0 Å². The van der Waals surface area contributed by atoms with Gasteiger partial charge in [0.05, 0.1) is 17.3 Å². The van der Waals surface area contributed by atoms with Gasteiger partial charge in [-0.15, -0.1) is 11.3 Å². The van der Waals surface area contributed by atoms with E-state index in [1.54, 1.807) is 0 Å². The first-order chi connectivity index (χ1) is 6.77. The number of hydrogen-bond acceptors (Lipinski definition) is 5. The standard InChI is InChI=1S/C9H12N2O2S/c1-7-11-8(6-14-7)9(5-10)13-4-2-3-12/h6,9,12H,2-4H2,1H3. The highest BCUT2D eigenvalue weighted by Crippen LogP contribution is 2.18. The van der Waals surface area contributed by atoms with E-state index < -0.39 is 6.10 Å². The highest BCUT2D eigenvalue weighted by atomic mass is 32.1. The molecule has 1 heterocycles. The smallest absolute Gasteiger partial charge is 0.186 e. The van der Waals surface area contributed by atoms with E-state index in [2.05, 4.69) is 4.98 Å². The summed E-state index contributed by atoms with van der Waals surface area (Å²) in [6.45, 7) is 2.34. The molecule has 0 saturated heterocycles. The van der Waals surface area contributed by atoms with Crippen molar-refractivity contribution in [3.8, 4) is 6.07 Å². The van der Waals surface area contributed by atoms with Crippen LogP contribution in [-0.2, 0) is 4.74 Å². The molecule has 0 saturated carbocycles. The van der Waals surface area contributed by atoms with Gasteiger partial charge in [-0.25, -0.2) is 4.98 Å². The normalized spacial score (nSPS) is 12.4. The molecule has 14 heavy (non-hydrogen) atoms. The molecule has 0 spiro atoms. The Hall–Kier alpha value is -0.960. The summed E-state index contributed by atoms with van der Waals surface area (Å²) in [6.07, 6.45) is -0.0621. The molecular weight excluding hydrogens is 200 g/mol. The first-order valence-corrected chi connectivity index (χ1v) is 5.20. The van der Waals surface area contributed by atoms with Crippen molar-refractivity contribution in [2.45, 2.75) is 19.4 Å². The molecule has 4 nitrogen and oxygen atoms in total. The zero-order valence-electron chi connectivity index (χ0n) is 7.93. The molecule has 0 aliphatic rings. The van der Waals surface area contributed by atoms with Gasteiger partial charge in [0, 0.05) is 12.0 Å². The molecule has 0 aliphatic carbocycles. The molecule has 0 bridgehead atoms. The van der Waals surface area contributed by atoms with E-state index in [1.807, 2.05) is 18.4 Å². The molecule has 1 aromatic rings. The van der Waals surface area contributed by atoms with Crippen LogP contribution in [0.2, 0.25) is 0 Å². The van der Waals surface area contributed by atoms with Crippen molar-refractivity contribution in [2.75, 3.05) is 13.2 Å². The second-order valence-corrected chi connectivity index (χ2v) is 3.81. The van der Waals surface area contributed by atoms with Crippen LogP contribution in [0.5, 0.6) is 0 Å². The van der Waals surface area contributed by atoms with Gasteiger partial charge in [-0.1, -0.05) is 0 Å². The van der Waals surface area contributed by atoms with Gasteiger partial charge in [0.1, 0.15) is 6.07 Å². The van der Waals surface area contributed by atoms with E-state index in [0.717, 1.165) is 5.01 Å². The fourth-order valence-corrected chi connectivity index (χ4v) is 1.58. The number of nitrogens with zero attached hydrogens (tertiary/aromatic N) is 2. The molecule has 0 aliphatic heterocycles. The van der Waals surface area contributed by atoms with E-state index in [-0.39, 0.29) is 6.61 Å². The number of aliphatic hydroxyl groups is 1. The first-order valence-electron chi connectivity index (χ1n) is 4.32. The summed E-state index contributed by atoms with van der Waals surface area (Å²) in [7, 11) is 0. The Bertz CT molecular complexity index is 319. The maximum Gasteiger partial charge on any atom is 0.186 e. The SMILES string of the molecule is Cc1nc(C(C#N)OCCCO)cs1. The molecule has 76 valence electrons. The van der Waals surface area contributed by atoms with E-state index in [0.29, 0.717) is 18.7 Å². The van der Waals surface area contributed by atoms with Gasteiger partial charge in [-0.3, -0.25) is 0 Å². The highest BCUT2D eigenvalue weighted by Gasteiger charge is 2.13. The molecular formula is C9H12N2O2S. The van der Waals surface area contributed by atoms with Gasteiger partial charge in [-0.05, 0) is 13.3 Å². The Labute approximate surface area is 86.8 Å². The largest absolute Gasteiger partial charge is 0.396 e. The van der Waals surface area contributed by atoms with Crippen molar-refractivity contribution < 1.29 is 9.84 Å². The molecule has 1 atom stereocenters. The minimum Gasteiger partial charge on any atom is -0.396 e. The third kappa shape index (κ3) is 3.07. The number of nitriles is 1. The number of aryl methyl sites for hydroxylation is 1. The monoisotopic (exact) mass is 212 g/mol. The lowest BCUT2D eigenvalue weighted by atomic mass is 10.3. The molecule has 5 heteroatoms. The first kappa shape index (κ1) is 11.1. The summed E-state index contributed by atoms with van der Waals surface area (Å²) in [5.74, 6) is 0. The minimum atomic E-state index is -0.605. The lowest BCUT2D eigenvalue weighted by Gasteiger charge is -2.06. The molecule has 1 aromatic heterocycles. The van der Waals surface area contributed by atoms with Crippen LogP contribution < -0.4 is 0 Å². The van der Waals surface area contributed by atoms with Crippen molar-refractivity contribution in [1.82, 2.24) is 4.98 Å². The van der Waals surface area contributed by atoms with Gasteiger partial charge in [0.15, 0.2) is 6.10 Å². The maximum atomic E-state index is 8.82. The average molecular weight is 212 g/mol. The van der Waals surface area contributed by atoms with E-state index in [4.69, 9.17) is 15.1 Å². The summed E-state index contributed by atoms with van der Waals surface area (Å²) < 4.78 is 5.25. The van der Waals surface area contributed by atoms with Crippen LogP contribution in [0, 0.1) is 18.3 Å². The molecule has 1 unspecified atom stereocenters. The van der Waals surface area contributed by atoms with Gasteiger partial charge < -0.3 is 9.84 Å². The Morgan fingerprint density at radius 3 is 3.07 bits per heavy atom. The summed E-state index contributed by atoms with van der Waals surface area (Å²) in [5, 5.41) is 20.1. The summed E-state index contributed by atoms with van der Waals surface area (Å²) >= 11 is 1.50. The van der Waals surface area contributed by atoms with Crippen molar-refractivity contribution >= 4 is 11.3 Å². The van der Waals surface area contributed by atoms with E-state index in [1.165, 1.54) is 11.3 Å². The zero-order chi connectivity index (χ0) is 10.4. The van der Waals surface area contributed by atoms with Crippen molar-refractivity contribution in [2.24, 2.45) is 0 Å². The quantitative estimate of drug-likeness (QED) is 0.749. The van der Waals surface area contributed by atoms with Crippen LogP contribution in [-0.4, -0.2) is 23.3 Å². The predicted octanol–water partition coefficient (Wildman–Crippen LogP) is 1.42. The molecule has 0 radical (unpaired) electrons. The van der Waals surface area contributed by atoms with Crippen LogP contribution in [0.15, 0.2) is 5.38 Å². The fraction of sp³-hybridized carbons (Fsp3) is 0.556. The van der Waals surface area contributed by atoms with Gasteiger partial charge in [0.25, 0.3) is 0 Å². The molecule has 0 amide bonds. The Balaban J connectivity index is 2.51.